The number of hydrogen-bond donors (Lipinski definition) is 1. The van der Waals surface area contributed by atoms with Crippen LogP contribution in [0.4, 0.5) is 5.69 Å². The molecule has 7 atom stereocenters. The highest BCUT2D eigenvalue weighted by Crippen LogP contribution is 2.67. The lowest BCUT2D eigenvalue weighted by molar-refractivity contribution is -0.123. The van der Waals surface area contributed by atoms with Gasteiger partial charge in [-0.15, -0.1) is 11.8 Å². The van der Waals surface area contributed by atoms with E-state index < -0.39 is 5.97 Å². The summed E-state index contributed by atoms with van der Waals surface area (Å²) in [6.45, 7) is 2.15. The van der Waals surface area contributed by atoms with Crippen LogP contribution in [0, 0.1) is 29.6 Å². The number of benzene rings is 1. The third kappa shape index (κ3) is 2.47. The number of anilines is 1. The van der Waals surface area contributed by atoms with E-state index in [0.717, 1.165) is 16.3 Å². The largest absolute Gasteiger partial charge is 0.465 e. The van der Waals surface area contributed by atoms with Crippen molar-refractivity contribution in [2.24, 2.45) is 29.6 Å². The van der Waals surface area contributed by atoms with E-state index in [1.165, 1.54) is 23.3 Å². The highest BCUT2D eigenvalue weighted by atomic mass is 32.2. The number of nitrogens with one attached hydrogen (secondary N) is 1. The molecule has 1 aromatic heterocycles. The summed E-state index contributed by atoms with van der Waals surface area (Å²) in [7, 11) is 1.30. The zero-order valence-electron chi connectivity index (χ0n) is 16.9. The van der Waals surface area contributed by atoms with Gasteiger partial charge in [0, 0.05) is 10.1 Å². The van der Waals surface area contributed by atoms with E-state index in [1.807, 2.05) is 0 Å². The fraction of sp³-hybridized carbons (Fsp3) is 0.455. The Morgan fingerprint density at radius 2 is 1.90 bits per heavy atom. The number of amides is 2. The maximum absolute atomic E-state index is 13.5. The zero-order chi connectivity index (χ0) is 21.6. The quantitative estimate of drug-likeness (QED) is 0.551. The Kier molecular flexibility index (Phi) is 4.08. The second-order valence-electron chi connectivity index (χ2n) is 8.83. The van der Waals surface area contributed by atoms with Crippen LogP contribution in [-0.4, -0.2) is 35.1 Å². The molecule has 0 radical (unpaired) electrons. The summed E-state index contributed by atoms with van der Waals surface area (Å²) in [5, 5.41) is 1.17. The van der Waals surface area contributed by atoms with Crippen molar-refractivity contribution >= 4 is 46.6 Å². The van der Waals surface area contributed by atoms with Crippen molar-refractivity contribution in [2.75, 3.05) is 12.0 Å². The molecule has 3 fully saturated rings. The topological polar surface area (TPSA) is 96.5 Å². The fourth-order valence-electron chi connectivity index (χ4n) is 6.47. The van der Waals surface area contributed by atoms with Crippen LogP contribution in [0.2, 0.25) is 0 Å². The maximum Gasteiger partial charge on any atom is 0.337 e. The summed E-state index contributed by atoms with van der Waals surface area (Å²) in [6, 6.07) is 6.52. The van der Waals surface area contributed by atoms with Crippen molar-refractivity contribution in [3.8, 4) is 0 Å². The second-order valence-corrected chi connectivity index (χ2v) is 11.0. The summed E-state index contributed by atoms with van der Waals surface area (Å²) in [6.07, 6.45) is 0.884. The Labute approximate surface area is 186 Å². The molecule has 2 saturated carbocycles. The smallest absolute Gasteiger partial charge is 0.337 e. The van der Waals surface area contributed by atoms with Crippen molar-refractivity contribution in [1.29, 1.82) is 0 Å². The van der Waals surface area contributed by atoms with Crippen molar-refractivity contribution in [3.63, 3.8) is 0 Å². The molecule has 7 nitrogen and oxygen atoms in total. The molecule has 3 heterocycles. The van der Waals surface area contributed by atoms with Gasteiger partial charge < -0.3 is 9.72 Å². The number of H-pyrrole nitrogens is 1. The minimum absolute atomic E-state index is 0.0410. The molecule has 4 aliphatic rings. The molecular formula is C22H20N2O5S2. The molecule has 2 bridgehead atoms. The first-order valence-electron chi connectivity index (χ1n) is 10.4. The van der Waals surface area contributed by atoms with Crippen LogP contribution in [0.25, 0.3) is 0 Å². The summed E-state index contributed by atoms with van der Waals surface area (Å²) in [4.78, 5) is 56.1. The number of thioether (sulfide) groups is 1. The first-order chi connectivity index (χ1) is 14.9. The molecule has 2 aliphatic carbocycles. The van der Waals surface area contributed by atoms with E-state index in [4.69, 9.17) is 4.74 Å². The van der Waals surface area contributed by atoms with Crippen molar-refractivity contribution in [1.82, 2.24) is 4.98 Å². The Hall–Kier alpha value is -2.39. The number of ether oxygens (including phenoxy) is 1. The van der Waals surface area contributed by atoms with Crippen LogP contribution < -0.4 is 9.77 Å². The van der Waals surface area contributed by atoms with Gasteiger partial charge in [-0.05, 0) is 48.3 Å². The minimum atomic E-state index is -0.502. The Morgan fingerprint density at radius 3 is 2.65 bits per heavy atom. The monoisotopic (exact) mass is 456 g/mol. The average Bonchev–Trinajstić information content (AvgIpc) is 3.48. The van der Waals surface area contributed by atoms with Gasteiger partial charge in [0.05, 0.1) is 35.2 Å². The molecule has 1 aromatic carbocycles. The Balaban J connectivity index is 1.36. The van der Waals surface area contributed by atoms with E-state index in [0.29, 0.717) is 11.3 Å². The molecule has 1 saturated heterocycles. The average molecular weight is 457 g/mol. The molecule has 0 spiro atoms. The highest BCUT2D eigenvalue weighted by Gasteiger charge is 2.69. The van der Waals surface area contributed by atoms with Crippen molar-refractivity contribution in [2.45, 2.75) is 29.5 Å². The maximum atomic E-state index is 13.5. The highest BCUT2D eigenvalue weighted by molar-refractivity contribution is 8.00. The van der Waals surface area contributed by atoms with Gasteiger partial charge in [-0.2, -0.15) is 0 Å². The number of esters is 1. The SMILES string of the molecule is COC(=O)c1cccc(N2C(=O)[C@@H]3[C@H]4C[C@H]([C@@H]5Sc6[nH]c(=O)sc6[C@@H](C)[C@H]45)[C@@H]3C2=O)c1. The van der Waals surface area contributed by atoms with E-state index >= 15 is 0 Å². The molecule has 2 amide bonds. The van der Waals surface area contributed by atoms with Gasteiger partial charge in [-0.25, -0.2) is 4.79 Å². The summed E-state index contributed by atoms with van der Waals surface area (Å²) >= 11 is 2.95. The number of imide groups is 1. The minimum Gasteiger partial charge on any atom is -0.465 e. The number of carbonyl (C=O) groups is 3. The fourth-order valence-corrected chi connectivity index (χ4v) is 9.42. The van der Waals surface area contributed by atoms with E-state index in [2.05, 4.69) is 11.9 Å². The van der Waals surface area contributed by atoms with Crippen LogP contribution in [0.5, 0.6) is 0 Å². The second kappa shape index (κ2) is 6.56. The van der Waals surface area contributed by atoms with Gasteiger partial charge in [0.15, 0.2) is 0 Å². The normalized spacial score (nSPS) is 35.2. The van der Waals surface area contributed by atoms with E-state index in [-0.39, 0.29) is 57.4 Å². The van der Waals surface area contributed by atoms with Crippen LogP contribution in [0.3, 0.4) is 0 Å². The van der Waals surface area contributed by atoms with Crippen molar-refractivity contribution in [3.05, 3.63) is 44.4 Å². The number of fused-ring (bicyclic) bond motifs is 9. The molecule has 2 aliphatic heterocycles. The van der Waals surface area contributed by atoms with Gasteiger partial charge in [-0.1, -0.05) is 24.3 Å². The third-order valence-electron chi connectivity index (χ3n) is 7.57. The number of methoxy groups -OCH3 is 1. The zero-order valence-corrected chi connectivity index (χ0v) is 18.5. The van der Waals surface area contributed by atoms with E-state index in [9.17, 15) is 19.2 Å². The number of aromatic amines is 1. The standard InChI is InChI=1S/C22H20N2O5S2/c1-8-13-11-7-12(17(13)30-18-16(8)31-22(28)23-18)15-14(11)19(25)24(20(15)26)10-5-3-4-9(6-10)21(27)29-2/h3-6,8,11-15,17H,7H2,1-2H3,(H,23,28)/t8-,11-,12-,13+,14+,15-,17-/m0/s1. The molecule has 9 heteroatoms. The lowest BCUT2D eigenvalue weighted by Gasteiger charge is -2.41. The third-order valence-corrected chi connectivity index (χ3v) is 10.3. The van der Waals surface area contributed by atoms with Gasteiger partial charge in [0.2, 0.25) is 11.8 Å². The van der Waals surface area contributed by atoms with Crippen LogP contribution in [0.1, 0.15) is 34.5 Å². The molecule has 160 valence electrons. The summed E-state index contributed by atoms with van der Waals surface area (Å²) in [5.41, 5.74) is 0.741. The number of thiazole rings is 1. The van der Waals surface area contributed by atoms with Crippen LogP contribution >= 0.6 is 23.1 Å². The first-order valence-corrected chi connectivity index (χ1v) is 12.1. The van der Waals surface area contributed by atoms with Crippen LogP contribution in [0.15, 0.2) is 34.1 Å². The van der Waals surface area contributed by atoms with Gasteiger partial charge in [-0.3, -0.25) is 19.3 Å². The summed E-state index contributed by atoms with van der Waals surface area (Å²) in [5.74, 6) is -0.735. The number of aromatic nitrogens is 1. The molecular weight excluding hydrogens is 436 g/mol. The number of rotatable bonds is 2. The predicted molar refractivity (Wildman–Crippen MR) is 115 cm³/mol. The number of carbonyl (C=O) groups excluding carboxylic acids is 3. The summed E-state index contributed by atoms with van der Waals surface area (Å²) < 4.78 is 4.78. The number of hydrogen-bond acceptors (Lipinski definition) is 7. The first kappa shape index (κ1) is 19.3. The Morgan fingerprint density at radius 1 is 1.16 bits per heavy atom. The van der Waals surface area contributed by atoms with Crippen molar-refractivity contribution < 1.29 is 19.1 Å². The Bertz CT molecular complexity index is 1200. The molecule has 6 rings (SSSR count). The molecule has 2 aromatic rings. The number of nitrogens with zero attached hydrogens (tertiary/aromatic N) is 1. The lowest BCUT2D eigenvalue weighted by atomic mass is 9.70. The lowest BCUT2D eigenvalue weighted by Crippen LogP contribution is -2.41. The van der Waals surface area contributed by atoms with Gasteiger partial charge >= 0.3 is 10.8 Å². The predicted octanol–water partition coefficient (Wildman–Crippen LogP) is 2.87. The molecule has 31 heavy (non-hydrogen) atoms. The molecule has 0 unspecified atom stereocenters. The van der Waals surface area contributed by atoms with Crippen LogP contribution in [-0.2, 0) is 14.3 Å². The van der Waals surface area contributed by atoms with Gasteiger partial charge in [0.25, 0.3) is 0 Å². The van der Waals surface area contributed by atoms with E-state index in [1.54, 1.807) is 36.0 Å². The molecule has 1 N–H and O–H groups in total. The van der Waals surface area contributed by atoms with Gasteiger partial charge in [0.1, 0.15) is 0 Å².